The Kier molecular flexibility index (Phi) is 8.23. The molecular formula is C18H32ClN3O2. The van der Waals surface area contributed by atoms with E-state index in [9.17, 15) is 9.59 Å². The molecule has 2 rings (SSSR count). The van der Waals surface area contributed by atoms with Crippen molar-refractivity contribution in [3.63, 3.8) is 0 Å². The molecule has 6 heteroatoms. The molecule has 0 aromatic heterocycles. The fourth-order valence-electron chi connectivity index (χ4n) is 3.14. The van der Waals surface area contributed by atoms with E-state index in [1.165, 1.54) is 0 Å². The molecule has 2 amide bonds. The first-order valence-electron chi connectivity index (χ1n) is 8.84. The van der Waals surface area contributed by atoms with Gasteiger partial charge in [-0.15, -0.1) is 12.4 Å². The molecular weight excluding hydrogens is 326 g/mol. The van der Waals surface area contributed by atoms with Crippen molar-refractivity contribution in [3.8, 4) is 0 Å². The lowest BCUT2D eigenvalue weighted by Crippen LogP contribution is -2.46. The number of hydrogen-bond acceptors (Lipinski definition) is 3. The van der Waals surface area contributed by atoms with Gasteiger partial charge < -0.3 is 15.5 Å². The number of carbonyl (C=O) groups excluding carboxylic acids is 2. The van der Waals surface area contributed by atoms with Crippen LogP contribution in [0.25, 0.3) is 0 Å². The molecule has 0 bridgehead atoms. The van der Waals surface area contributed by atoms with E-state index in [1.54, 1.807) is 6.08 Å². The van der Waals surface area contributed by atoms with Gasteiger partial charge in [-0.3, -0.25) is 9.59 Å². The van der Waals surface area contributed by atoms with Crippen molar-refractivity contribution in [1.82, 2.24) is 15.5 Å². The molecule has 2 aliphatic heterocycles. The maximum atomic E-state index is 12.3. The SMILES string of the molecule is CC(C)(C)C=CC(=O)N1CCCC(CNC(=O)C2CCCN2)C1.Cl. The van der Waals surface area contributed by atoms with Gasteiger partial charge in [0.25, 0.3) is 0 Å². The second kappa shape index (κ2) is 9.42. The molecule has 0 aromatic carbocycles. The summed E-state index contributed by atoms with van der Waals surface area (Å²) in [5, 5.41) is 6.27. The van der Waals surface area contributed by atoms with Gasteiger partial charge in [0.05, 0.1) is 6.04 Å². The summed E-state index contributed by atoms with van der Waals surface area (Å²) in [5.74, 6) is 0.563. The number of carbonyl (C=O) groups is 2. The highest BCUT2D eigenvalue weighted by Gasteiger charge is 2.25. The standard InChI is InChI=1S/C18H31N3O2.ClH/c1-18(2,3)9-8-16(22)21-11-5-6-14(13-21)12-20-17(23)15-7-4-10-19-15;/h8-9,14-15,19H,4-7,10-13H2,1-3H3,(H,20,23);1H. The van der Waals surface area contributed by atoms with E-state index in [-0.39, 0.29) is 35.7 Å². The average molecular weight is 358 g/mol. The smallest absolute Gasteiger partial charge is 0.246 e. The van der Waals surface area contributed by atoms with E-state index in [0.29, 0.717) is 12.5 Å². The molecule has 0 saturated carbocycles. The van der Waals surface area contributed by atoms with Crippen molar-refractivity contribution in [1.29, 1.82) is 0 Å². The Labute approximate surface area is 152 Å². The topological polar surface area (TPSA) is 61.4 Å². The summed E-state index contributed by atoms with van der Waals surface area (Å²) in [6.07, 6.45) is 7.75. The van der Waals surface area contributed by atoms with Crippen LogP contribution in [0.15, 0.2) is 12.2 Å². The molecule has 0 spiro atoms. The second-order valence-electron chi connectivity index (χ2n) is 7.89. The van der Waals surface area contributed by atoms with Crippen LogP contribution in [-0.4, -0.2) is 48.9 Å². The summed E-state index contributed by atoms with van der Waals surface area (Å²) in [6.45, 7) is 9.43. The minimum absolute atomic E-state index is 0. The number of likely N-dealkylation sites (tertiary alicyclic amines) is 1. The van der Waals surface area contributed by atoms with Crippen molar-refractivity contribution < 1.29 is 9.59 Å². The largest absolute Gasteiger partial charge is 0.354 e. The zero-order valence-electron chi connectivity index (χ0n) is 15.1. The molecule has 2 saturated heterocycles. The Morgan fingerprint density at radius 3 is 2.62 bits per heavy atom. The monoisotopic (exact) mass is 357 g/mol. The molecule has 138 valence electrons. The third-order valence-corrected chi connectivity index (χ3v) is 4.50. The summed E-state index contributed by atoms with van der Waals surface area (Å²) in [6, 6.07) is -0.0222. The Bertz CT molecular complexity index is 454. The fraction of sp³-hybridized carbons (Fsp3) is 0.778. The van der Waals surface area contributed by atoms with Crippen LogP contribution in [0.5, 0.6) is 0 Å². The van der Waals surface area contributed by atoms with Gasteiger partial charge in [-0.05, 0) is 49.6 Å². The maximum absolute atomic E-state index is 12.3. The second-order valence-corrected chi connectivity index (χ2v) is 7.89. The number of amides is 2. The van der Waals surface area contributed by atoms with Crippen LogP contribution in [0.3, 0.4) is 0 Å². The Morgan fingerprint density at radius 1 is 1.25 bits per heavy atom. The predicted octanol–water partition coefficient (Wildman–Crippen LogP) is 2.12. The molecule has 2 atom stereocenters. The Morgan fingerprint density at radius 2 is 2.00 bits per heavy atom. The van der Waals surface area contributed by atoms with Crippen molar-refractivity contribution in [2.45, 2.75) is 52.5 Å². The number of halogens is 1. The maximum Gasteiger partial charge on any atom is 0.246 e. The van der Waals surface area contributed by atoms with Gasteiger partial charge in [-0.1, -0.05) is 26.8 Å². The van der Waals surface area contributed by atoms with E-state index >= 15 is 0 Å². The highest BCUT2D eigenvalue weighted by molar-refractivity contribution is 5.87. The van der Waals surface area contributed by atoms with Gasteiger partial charge >= 0.3 is 0 Å². The summed E-state index contributed by atoms with van der Waals surface area (Å²) < 4.78 is 0. The van der Waals surface area contributed by atoms with Crippen LogP contribution in [0.4, 0.5) is 0 Å². The summed E-state index contributed by atoms with van der Waals surface area (Å²) in [7, 11) is 0. The molecule has 2 aliphatic rings. The molecule has 0 aliphatic carbocycles. The van der Waals surface area contributed by atoms with Gasteiger partial charge in [0.1, 0.15) is 0 Å². The lowest BCUT2D eigenvalue weighted by atomic mass is 9.95. The molecule has 2 unspecified atom stereocenters. The Balaban J connectivity index is 0.00000288. The van der Waals surface area contributed by atoms with Crippen molar-refractivity contribution in [3.05, 3.63) is 12.2 Å². The summed E-state index contributed by atoms with van der Waals surface area (Å²) >= 11 is 0. The lowest BCUT2D eigenvalue weighted by molar-refractivity contribution is -0.127. The number of nitrogens with zero attached hydrogens (tertiary/aromatic N) is 1. The minimum atomic E-state index is -0.0222. The van der Waals surface area contributed by atoms with E-state index in [4.69, 9.17) is 0 Å². The van der Waals surface area contributed by atoms with Crippen molar-refractivity contribution in [2.24, 2.45) is 11.3 Å². The zero-order chi connectivity index (χ0) is 16.9. The summed E-state index contributed by atoms with van der Waals surface area (Å²) in [5.41, 5.74) is 0.0209. The van der Waals surface area contributed by atoms with E-state index in [0.717, 1.165) is 45.3 Å². The molecule has 5 nitrogen and oxygen atoms in total. The number of hydrogen-bond donors (Lipinski definition) is 2. The first-order chi connectivity index (χ1) is 10.8. The predicted molar refractivity (Wildman–Crippen MR) is 99.2 cm³/mol. The highest BCUT2D eigenvalue weighted by atomic mass is 35.5. The number of piperidine rings is 1. The molecule has 24 heavy (non-hydrogen) atoms. The van der Waals surface area contributed by atoms with Gasteiger partial charge in [0.2, 0.25) is 11.8 Å². The number of allylic oxidation sites excluding steroid dienone is 1. The third-order valence-electron chi connectivity index (χ3n) is 4.50. The average Bonchev–Trinajstić information content (AvgIpc) is 3.04. The Hall–Kier alpha value is -1.07. The fourth-order valence-corrected chi connectivity index (χ4v) is 3.14. The molecule has 0 radical (unpaired) electrons. The van der Waals surface area contributed by atoms with E-state index in [1.807, 2.05) is 11.0 Å². The highest BCUT2D eigenvalue weighted by Crippen LogP contribution is 2.18. The van der Waals surface area contributed by atoms with Gasteiger partial charge in [0.15, 0.2) is 0 Å². The van der Waals surface area contributed by atoms with Crippen LogP contribution >= 0.6 is 12.4 Å². The van der Waals surface area contributed by atoms with Crippen LogP contribution in [0.2, 0.25) is 0 Å². The first kappa shape index (κ1) is 21.0. The lowest BCUT2D eigenvalue weighted by Gasteiger charge is -2.32. The van der Waals surface area contributed by atoms with Gasteiger partial charge in [-0.25, -0.2) is 0 Å². The van der Waals surface area contributed by atoms with Crippen molar-refractivity contribution >= 4 is 24.2 Å². The minimum Gasteiger partial charge on any atom is -0.354 e. The summed E-state index contributed by atoms with van der Waals surface area (Å²) in [4.78, 5) is 26.2. The van der Waals surface area contributed by atoms with Gasteiger partial charge in [-0.2, -0.15) is 0 Å². The van der Waals surface area contributed by atoms with Gasteiger partial charge in [0, 0.05) is 19.6 Å². The molecule has 2 fully saturated rings. The molecule has 0 aromatic rings. The third kappa shape index (κ3) is 6.81. The molecule has 2 N–H and O–H groups in total. The van der Waals surface area contributed by atoms with E-state index in [2.05, 4.69) is 31.4 Å². The molecule has 2 heterocycles. The van der Waals surface area contributed by atoms with Crippen molar-refractivity contribution in [2.75, 3.05) is 26.2 Å². The first-order valence-corrected chi connectivity index (χ1v) is 8.84. The van der Waals surface area contributed by atoms with Crippen LogP contribution in [0.1, 0.15) is 46.5 Å². The normalized spacial score (nSPS) is 24.7. The van der Waals surface area contributed by atoms with Crippen LogP contribution in [0, 0.1) is 11.3 Å². The zero-order valence-corrected chi connectivity index (χ0v) is 16.0. The number of nitrogens with one attached hydrogen (secondary N) is 2. The van der Waals surface area contributed by atoms with E-state index < -0.39 is 0 Å². The van der Waals surface area contributed by atoms with Crippen LogP contribution in [-0.2, 0) is 9.59 Å². The van der Waals surface area contributed by atoms with Crippen LogP contribution < -0.4 is 10.6 Å². The number of rotatable bonds is 4. The quantitative estimate of drug-likeness (QED) is 0.757.